The molecule has 2 aromatic carbocycles. The van der Waals surface area contributed by atoms with Gasteiger partial charge in [-0.25, -0.2) is 4.79 Å². The van der Waals surface area contributed by atoms with Gasteiger partial charge in [0.2, 0.25) is 0 Å². The average Bonchev–Trinajstić information content (AvgIpc) is 2.61. The van der Waals surface area contributed by atoms with Crippen molar-refractivity contribution in [2.24, 2.45) is 0 Å². The monoisotopic (exact) mass is 303 g/mol. The summed E-state index contributed by atoms with van der Waals surface area (Å²) in [6.45, 7) is 1.98. The van der Waals surface area contributed by atoms with Crippen LogP contribution in [0, 0.1) is 6.92 Å². The zero-order chi connectivity index (χ0) is 16.1. The number of benzene rings is 2. The van der Waals surface area contributed by atoms with Gasteiger partial charge in [-0.15, -0.1) is 0 Å². The fourth-order valence-corrected chi connectivity index (χ4v) is 2.32. The minimum atomic E-state index is -0.522. The summed E-state index contributed by atoms with van der Waals surface area (Å²) in [5.41, 5.74) is 3.24. The molecule has 3 nitrogen and oxygen atoms in total. The SMILES string of the molecule is Cc1ccc(C(=O)OC(c2ccccc2)c2ccccn2)cc1. The lowest BCUT2D eigenvalue weighted by atomic mass is 10.1. The fourth-order valence-electron chi connectivity index (χ4n) is 2.32. The lowest BCUT2D eigenvalue weighted by molar-refractivity contribution is 0.0370. The van der Waals surface area contributed by atoms with Crippen LogP contribution in [-0.4, -0.2) is 11.0 Å². The van der Waals surface area contributed by atoms with E-state index < -0.39 is 6.10 Å². The number of hydrogen-bond acceptors (Lipinski definition) is 3. The Morgan fingerprint density at radius 1 is 0.913 bits per heavy atom. The van der Waals surface area contributed by atoms with E-state index in [2.05, 4.69) is 4.98 Å². The van der Waals surface area contributed by atoms with E-state index in [1.165, 1.54) is 0 Å². The Balaban J connectivity index is 1.90. The van der Waals surface area contributed by atoms with Crippen molar-refractivity contribution in [3.8, 4) is 0 Å². The minimum absolute atomic E-state index is 0.357. The third kappa shape index (κ3) is 3.64. The molecule has 1 atom stereocenters. The van der Waals surface area contributed by atoms with E-state index in [9.17, 15) is 4.79 Å². The van der Waals surface area contributed by atoms with Gasteiger partial charge in [-0.05, 0) is 36.8 Å². The van der Waals surface area contributed by atoms with Gasteiger partial charge in [0.25, 0.3) is 0 Å². The number of nitrogens with zero attached hydrogens (tertiary/aromatic N) is 1. The van der Waals surface area contributed by atoms with Gasteiger partial charge >= 0.3 is 5.97 Å². The fraction of sp³-hybridized carbons (Fsp3) is 0.100. The lowest BCUT2D eigenvalue weighted by Crippen LogP contribution is -2.14. The Hall–Kier alpha value is -2.94. The number of aryl methyl sites for hydroxylation is 1. The van der Waals surface area contributed by atoms with E-state index in [1.807, 2.05) is 67.6 Å². The average molecular weight is 303 g/mol. The first kappa shape index (κ1) is 15.0. The first-order valence-electron chi connectivity index (χ1n) is 7.47. The van der Waals surface area contributed by atoms with Gasteiger partial charge in [0.1, 0.15) is 0 Å². The van der Waals surface area contributed by atoms with E-state index in [0.29, 0.717) is 11.3 Å². The standard InChI is InChI=1S/C20H17NO2/c1-15-10-12-17(13-11-15)20(22)23-19(16-7-3-2-4-8-16)18-9-5-6-14-21-18/h2-14,19H,1H3. The van der Waals surface area contributed by atoms with Crippen LogP contribution in [0.5, 0.6) is 0 Å². The molecule has 0 aliphatic rings. The molecule has 0 N–H and O–H groups in total. The van der Waals surface area contributed by atoms with Crippen LogP contribution in [0.15, 0.2) is 79.0 Å². The van der Waals surface area contributed by atoms with Crippen LogP contribution in [-0.2, 0) is 4.74 Å². The Morgan fingerprint density at radius 3 is 2.26 bits per heavy atom. The third-order valence-corrected chi connectivity index (χ3v) is 3.57. The maximum Gasteiger partial charge on any atom is 0.339 e. The van der Waals surface area contributed by atoms with Crippen LogP contribution in [0.2, 0.25) is 0 Å². The van der Waals surface area contributed by atoms with Crippen LogP contribution in [0.3, 0.4) is 0 Å². The molecule has 0 fully saturated rings. The summed E-state index contributed by atoms with van der Waals surface area (Å²) in [6.07, 6.45) is 1.18. The molecule has 0 spiro atoms. The molecule has 1 heterocycles. The Kier molecular flexibility index (Phi) is 4.48. The van der Waals surface area contributed by atoms with Crippen LogP contribution >= 0.6 is 0 Å². The van der Waals surface area contributed by atoms with Gasteiger partial charge in [0.05, 0.1) is 11.3 Å². The highest BCUT2D eigenvalue weighted by molar-refractivity contribution is 5.89. The number of carbonyl (C=O) groups excluding carboxylic acids is 1. The number of pyridine rings is 1. The van der Waals surface area contributed by atoms with Crippen LogP contribution in [0.1, 0.15) is 33.3 Å². The summed E-state index contributed by atoms with van der Waals surface area (Å²) in [5, 5.41) is 0. The van der Waals surface area contributed by atoms with Crippen molar-refractivity contribution in [2.45, 2.75) is 13.0 Å². The van der Waals surface area contributed by atoms with Crippen molar-refractivity contribution < 1.29 is 9.53 Å². The highest BCUT2D eigenvalue weighted by Crippen LogP contribution is 2.25. The number of ether oxygens (including phenoxy) is 1. The minimum Gasteiger partial charge on any atom is -0.447 e. The second-order valence-electron chi connectivity index (χ2n) is 5.32. The molecule has 0 aliphatic carbocycles. The molecule has 0 saturated carbocycles. The van der Waals surface area contributed by atoms with E-state index in [-0.39, 0.29) is 5.97 Å². The number of esters is 1. The van der Waals surface area contributed by atoms with Gasteiger partial charge in [-0.3, -0.25) is 4.98 Å². The van der Waals surface area contributed by atoms with Crippen molar-refractivity contribution in [1.82, 2.24) is 4.98 Å². The molecule has 3 aromatic rings. The summed E-state index contributed by atoms with van der Waals surface area (Å²) < 4.78 is 5.75. The van der Waals surface area contributed by atoms with Crippen molar-refractivity contribution in [1.29, 1.82) is 0 Å². The first-order chi connectivity index (χ1) is 11.2. The predicted octanol–water partition coefficient (Wildman–Crippen LogP) is 4.34. The molecular formula is C20H17NO2. The maximum atomic E-state index is 12.5. The number of aromatic nitrogens is 1. The molecular weight excluding hydrogens is 286 g/mol. The summed E-state index contributed by atoms with van der Waals surface area (Å²) in [4.78, 5) is 16.8. The molecule has 3 heteroatoms. The van der Waals surface area contributed by atoms with E-state index in [4.69, 9.17) is 4.74 Å². The zero-order valence-corrected chi connectivity index (χ0v) is 12.8. The van der Waals surface area contributed by atoms with Crippen molar-refractivity contribution in [3.63, 3.8) is 0 Å². The smallest absolute Gasteiger partial charge is 0.339 e. The quantitative estimate of drug-likeness (QED) is 0.673. The summed E-state index contributed by atoms with van der Waals surface area (Å²) in [7, 11) is 0. The lowest BCUT2D eigenvalue weighted by Gasteiger charge is -2.18. The molecule has 1 unspecified atom stereocenters. The summed E-state index contributed by atoms with van der Waals surface area (Å²) in [5.74, 6) is -0.357. The predicted molar refractivity (Wildman–Crippen MR) is 89.1 cm³/mol. The zero-order valence-electron chi connectivity index (χ0n) is 12.8. The third-order valence-electron chi connectivity index (χ3n) is 3.57. The highest BCUT2D eigenvalue weighted by atomic mass is 16.5. The Morgan fingerprint density at radius 2 is 1.61 bits per heavy atom. The molecule has 0 amide bonds. The van der Waals surface area contributed by atoms with Crippen molar-refractivity contribution in [2.75, 3.05) is 0 Å². The highest BCUT2D eigenvalue weighted by Gasteiger charge is 2.20. The molecule has 114 valence electrons. The Labute approximate surface area is 135 Å². The maximum absolute atomic E-state index is 12.5. The van der Waals surface area contributed by atoms with Gasteiger partial charge in [-0.1, -0.05) is 54.1 Å². The Bertz CT molecular complexity index is 728. The normalized spacial score (nSPS) is 11.7. The number of rotatable bonds is 4. The van der Waals surface area contributed by atoms with E-state index >= 15 is 0 Å². The molecule has 23 heavy (non-hydrogen) atoms. The second-order valence-corrected chi connectivity index (χ2v) is 5.32. The van der Waals surface area contributed by atoms with Gasteiger partial charge in [0.15, 0.2) is 6.10 Å². The molecule has 0 saturated heterocycles. The summed E-state index contributed by atoms with van der Waals surface area (Å²) in [6, 6.07) is 22.6. The van der Waals surface area contributed by atoms with Gasteiger partial charge in [0, 0.05) is 6.20 Å². The molecule has 0 aliphatic heterocycles. The largest absolute Gasteiger partial charge is 0.447 e. The number of hydrogen-bond donors (Lipinski definition) is 0. The van der Waals surface area contributed by atoms with Crippen molar-refractivity contribution >= 4 is 5.97 Å². The van der Waals surface area contributed by atoms with Gasteiger partial charge < -0.3 is 4.74 Å². The summed E-state index contributed by atoms with van der Waals surface area (Å²) >= 11 is 0. The first-order valence-corrected chi connectivity index (χ1v) is 7.47. The van der Waals surface area contributed by atoms with Gasteiger partial charge in [-0.2, -0.15) is 0 Å². The van der Waals surface area contributed by atoms with E-state index in [0.717, 1.165) is 11.1 Å². The topological polar surface area (TPSA) is 39.2 Å². The molecule has 0 radical (unpaired) electrons. The van der Waals surface area contributed by atoms with E-state index in [1.54, 1.807) is 18.3 Å². The second kappa shape index (κ2) is 6.88. The number of carbonyl (C=O) groups is 1. The van der Waals surface area contributed by atoms with Crippen LogP contribution < -0.4 is 0 Å². The van der Waals surface area contributed by atoms with Crippen LogP contribution in [0.4, 0.5) is 0 Å². The molecule has 0 bridgehead atoms. The molecule has 3 rings (SSSR count). The molecule has 1 aromatic heterocycles. The van der Waals surface area contributed by atoms with Crippen LogP contribution in [0.25, 0.3) is 0 Å². The van der Waals surface area contributed by atoms with Crippen molar-refractivity contribution in [3.05, 3.63) is 101 Å².